The minimum atomic E-state index is -0.0905. The molecule has 1 aliphatic heterocycles. The van der Waals surface area contributed by atoms with Crippen molar-refractivity contribution in [3.63, 3.8) is 0 Å². The van der Waals surface area contributed by atoms with Gasteiger partial charge in [0.25, 0.3) is 5.91 Å². The highest BCUT2D eigenvalue weighted by atomic mass is 16.5. The van der Waals surface area contributed by atoms with E-state index >= 15 is 0 Å². The molecular formula is C16H21N5O2. The SMILES string of the molecule is CC(C)(C)c1nnc2n1CCN(C(=O)c1cc(C3CC3)on1)C2. The summed E-state index contributed by atoms with van der Waals surface area (Å²) in [5, 5.41) is 12.5. The first-order chi connectivity index (χ1) is 10.9. The van der Waals surface area contributed by atoms with E-state index in [0.717, 1.165) is 30.3 Å². The van der Waals surface area contributed by atoms with Crippen molar-refractivity contribution in [3.8, 4) is 0 Å². The molecule has 1 fully saturated rings. The van der Waals surface area contributed by atoms with Gasteiger partial charge >= 0.3 is 0 Å². The Labute approximate surface area is 134 Å². The normalized spacial score (nSPS) is 18.1. The number of hydrogen-bond acceptors (Lipinski definition) is 5. The van der Waals surface area contributed by atoms with Crippen LogP contribution in [0.1, 0.15) is 67.4 Å². The van der Waals surface area contributed by atoms with Crippen LogP contribution in [0.25, 0.3) is 0 Å². The van der Waals surface area contributed by atoms with Gasteiger partial charge in [0.15, 0.2) is 11.5 Å². The molecule has 23 heavy (non-hydrogen) atoms. The van der Waals surface area contributed by atoms with Crippen LogP contribution in [0.3, 0.4) is 0 Å². The maximum Gasteiger partial charge on any atom is 0.276 e. The van der Waals surface area contributed by atoms with Crippen molar-refractivity contribution in [3.05, 3.63) is 29.2 Å². The standard InChI is InChI=1S/C16H21N5O2/c1-16(2,3)15-18-17-13-9-20(6-7-21(13)15)14(22)11-8-12(23-19-11)10-4-5-10/h8,10H,4-7,9H2,1-3H3. The van der Waals surface area contributed by atoms with Gasteiger partial charge < -0.3 is 14.0 Å². The van der Waals surface area contributed by atoms with Crippen LogP contribution in [0.4, 0.5) is 0 Å². The van der Waals surface area contributed by atoms with Crippen LogP contribution in [-0.2, 0) is 18.5 Å². The predicted octanol–water partition coefficient (Wildman–Crippen LogP) is 2.10. The molecular weight excluding hydrogens is 294 g/mol. The minimum absolute atomic E-state index is 0.0529. The largest absolute Gasteiger partial charge is 0.360 e. The topological polar surface area (TPSA) is 77.0 Å². The van der Waals surface area contributed by atoms with Crippen molar-refractivity contribution in [2.75, 3.05) is 6.54 Å². The molecule has 122 valence electrons. The summed E-state index contributed by atoms with van der Waals surface area (Å²) in [5.74, 6) is 3.01. The van der Waals surface area contributed by atoms with Crippen molar-refractivity contribution in [1.82, 2.24) is 24.8 Å². The first kappa shape index (κ1) is 14.4. The molecule has 0 bridgehead atoms. The van der Waals surface area contributed by atoms with E-state index in [-0.39, 0.29) is 11.3 Å². The van der Waals surface area contributed by atoms with E-state index in [1.54, 1.807) is 11.0 Å². The van der Waals surface area contributed by atoms with Crippen molar-refractivity contribution in [2.24, 2.45) is 0 Å². The van der Waals surface area contributed by atoms with Crippen LogP contribution in [0, 0.1) is 0 Å². The van der Waals surface area contributed by atoms with E-state index in [2.05, 4.69) is 40.7 Å². The Hall–Kier alpha value is -2.18. The third-order valence-corrected chi connectivity index (χ3v) is 4.44. The average Bonchev–Trinajstić information content (AvgIpc) is 3.08. The zero-order valence-corrected chi connectivity index (χ0v) is 13.7. The summed E-state index contributed by atoms with van der Waals surface area (Å²) >= 11 is 0. The second-order valence-electron chi connectivity index (χ2n) is 7.46. The zero-order valence-electron chi connectivity index (χ0n) is 13.7. The number of hydrogen-bond donors (Lipinski definition) is 0. The molecule has 2 aliphatic rings. The first-order valence-corrected chi connectivity index (χ1v) is 8.12. The van der Waals surface area contributed by atoms with Gasteiger partial charge in [-0.25, -0.2) is 0 Å². The van der Waals surface area contributed by atoms with Crippen LogP contribution in [0.5, 0.6) is 0 Å². The van der Waals surface area contributed by atoms with Crippen LogP contribution in [0.15, 0.2) is 10.6 Å². The fraction of sp³-hybridized carbons (Fsp3) is 0.625. The third kappa shape index (κ3) is 2.54. The number of carbonyl (C=O) groups excluding carboxylic acids is 1. The Morgan fingerprint density at radius 2 is 2.04 bits per heavy atom. The fourth-order valence-electron chi connectivity index (χ4n) is 3.00. The summed E-state index contributed by atoms with van der Waals surface area (Å²) in [4.78, 5) is 14.4. The Bertz CT molecular complexity index is 751. The Morgan fingerprint density at radius 1 is 1.26 bits per heavy atom. The second-order valence-corrected chi connectivity index (χ2v) is 7.46. The highest BCUT2D eigenvalue weighted by Gasteiger charge is 2.32. The number of aromatic nitrogens is 4. The molecule has 3 heterocycles. The third-order valence-electron chi connectivity index (χ3n) is 4.44. The summed E-state index contributed by atoms with van der Waals surface area (Å²) in [6, 6.07) is 1.79. The molecule has 0 spiro atoms. The van der Waals surface area contributed by atoms with Gasteiger partial charge in [0, 0.05) is 30.5 Å². The molecule has 2 aromatic rings. The van der Waals surface area contributed by atoms with E-state index in [0.29, 0.717) is 31.2 Å². The molecule has 0 atom stereocenters. The Kier molecular flexibility index (Phi) is 3.08. The zero-order chi connectivity index (χ0) is 16.2. The summed E-state index contributed by atoms with van der Waals surface area (Å²) < 4.78 is 7.42. The molecule has 1 aliphatic carbocycles. The smallest absolute Gasteiger partial charge is 0.276 e. The summed E-state index contributed by atoms with van der Waals surface area (Å²) in [6.45, 7) is 8.18. The molecule has 4 rings (SSSR count). The molecule has 7 nitrogen and oxygen atoms in total. The molecule has 0 saturated heterocycles. The van der Waals surface area contributed by atoms with Gasteiger partial charge in [0.2, 0.25) is 0 Å². The van der Waals surface area contributed by atoms with Crippen LogP contribution in [-0.4, -0.2) is 37.3 Å². The van der Waals surface area contributed by atoms with Crippen LogP contribution < -0.4 is 0 Å². The fourth-order valence-corrected chi connectivity index (χ4v) is 3.00. The number of amides is 1. The van der Waals surface area contributed by atoms with Crippen molar-refractivity contribution in [2.45, 2.75) is 58.0 Å². The van der Waals surface area contributed by atoms with Crippen LogP contribution in [0.2, 0.25) is 0 Å². The molecule has 0 N–H and O–H groups in total. The lowest BCUT2D eigenvalue weighted by Gasteiger charge is -2.29. The van der Waals surface area contributed by atoms with E-state index in [9.17, 15) is 4.79 Å². The quantitative estimate of drug-likeness (QED) is 0.848. The number of fused-ring (bicyclic) bond motifs is 1. The van der Waals surface area contributed by atoms with Gasteiger partial charge in [-0.05, 0) is 12.8 Å². The number of rotatable bonds is 2. The average molecular weight is 315 g/mol. The van der Waals surface area contributed by atoms with Gasteiger partial charge in [-0.3, -0.25) is 4.79 Å². The number of carbonyl (C=O) groups is 1. The Morgan fingerprint density at radius 3 is 2.74 bits per heavy atom. The first-order valence-electron chi connectivity index (χ1n) is 8.12. The summed E-state index contributed by atoms with van der Waals surface area (Å²) in [7, 11) is 0. The molecule has 0 aromatic carbocycles. The van der Waals surface area contributed by atoms with Crippen molar-refractivity contribution in [1.29, 1.82) is 0 Å². The lowest BCUT2D eigenvalue weighted by atomic mass is 9.95. The molecule has 2 aromatic heterocycles. The lowest BCUT2D eigenvalue weighted by molar-refractivity contribution is 0.0695. The van der Waals surface area contributed by atoms with E-state index in [1.165, 1.54) is 0 Å². The monoisotopic (exact) mass is 315 g/mol. The number of nitrogens with zero attached hydrogens (tertiary/aromatic N) is 5. The summed E-state index contributed by atoms with van der Waals surface area (Å²) in [5.41, 5.74) is 0.346. The van der Waals surface area contributed by atoms with Gasteiger partial charge in [0.1, 0.15) is 11.6 Å². The van der Waals surface area contributed by atoms with Gasteiger partial charge in [-0.15, -0.1) is 10.2 Å². The van der Waals surface area contributed by atoms with Gasteiger partial charge in [0.05, 0.1) is 6.54 Å². The molecule has 1 saturated carbocycles. The predicted molar refractivity (Wildman–Crippen MR) is 81.9 cm³/mol. The lowest BCUT2D eigenvalue weighted by Crippen LogP contribution is -2.39. The highest BCUT2D eigenvalue weighted by Crippen LogP contribution is 2.40. The van der Waals surface area contributed by atoms with Crippen molar-refractivity contribution >= 4 is 5.91 Å². The summed E-state index contributed by atoms with van der Waals surface area (Å²) in [6.07, 6.45) is 2.26. The maximum atomic E-state index is 12.6. The van der Waals surface area contributed by atoms with Crippen molar-refractivity contribution < 1.29 is 9.32 Å². The molecule has 0 radical (unpaired) electrons. The highest BCUT2D eigenvalue weighted by molar-refractivity contribution is 5.92. The van der Waals surface area contributed by atoms with E-state index in [4.69, 9.17) is 4.52 Å². The second kappa shape index (κ2) is 4.91. The van der Waals surface area contributed by atoms with E-state index in [1.807, 2.05) is 0 Å². The minimum Gasteiger partial charge on any atom is -0.360 e. The van der Waals surface area contributed by atoms with Gasteiger partial charge in [-0.2, -0.15) is 0 Å². The maximum absolute atomic E-state index is 12.6. The van der Waals surface area contributed by atoms with E-state index < -0.39 is 0 Å². The Balaban J connectivity index is 1.53. The van der Waals surface area contributed by atoms with Gasteiger partial charge in [-0.1, -0.05) is 25.9 Å². The molecule has 7 heteroatoms. The molecule has 0 unspecified atom stereocenters. The molecule has 1 amide bonds. The van der Waals surface area contributed by atoms with Crippen LogP contribution >= 0.6 is 0 Å².